The van der Waals surface area contributed by atoms with Gasteiger partial charge in [0.2, 0.25) is 0 Å². The van der Waals surface area contributed by atoms with Crippen molar-refractivity contribution in [2.24, 2.45) is 0 Å². The third-order valence-electron chi connectivity index (χ3n) is 5.28. The lowest BCUT2D eigenvalue weighted by molar-refractivity contribution is -0.219. The summed E-state index contributed by atoms with van der Waals surface area (Å²) in [5.74, 6) is 0. The fourth-order valence-electron chi connectivity index (χ4n) is 3.59. The Morgan fingerprint density at radius 3 is 1.52 bits per heavy atom. The number of rotatable bonds is 9. The topological polar surface area (TPSA) is 36.9 Å². The number of benzene rings is 3. The minimum absolute atomic E-state index is 0.256. The van der Waals surface area contributed by atoms with E-state index in [9.17, 15) is 0 Å². The molecule has 0 aliphatic carbocycles. The van der Waals surface area contributed by atoms with Crippen molar-refractivity contribution in [3.05, 3.63) is 108 Å². The van der Waals surface area contributed by atoms with E-state index in [1.165, 1.54) is 0 Å². The molecular weight excluding hydrogens is 408 g/mol. The van der Waals surface area contributed by atoms with Crippen LogP contribution in [0.1, 0.15) is 16.7 Å². The monoisotopic (exact) mass is 436 g/mol. The first-order valence-electron chi connectivity index (χ1n) is 10.6. The van der Waals surface area contributed by atoms with E-state index >= 15 is 0 Å². The van der Waals surface area contributed by atoms with E-state index in [1.54, 1.807) is 0 Å². The normalized spacial score (nSPS) is 23.5. The van der Waals surface area contributed by atoms with Crippen molar-refractivity contribution in [2.45, 2.75) is 43.6 Å². The molecule has 31 heavy (non-hydrogen) atoms. The van der Waals surface area contributed by atoms with Crippen molar-refractivity contribution in [1.29, 1.82) is 0 Å². The van der Waals surface area contributed by atoms with Gasteiger partial charge in [0.25, 0.3) is 0 Å². The van der Waals surface area contributed by atoms with E-state index in [4.69, 9.17) is 18.9 Å². The Balaban J connectivity index is 1.46. The van der Waals surface area contributed by atoms with Crippen LogP contribution in [0.4, 0.5) is 0 Å². The summed E-state index contributed by atoms with van der Waals surface area (Å²) in [6.07, 6.45) is -0.918. The van der Waals surface area contributed by atoms with Gasteiger partial charge in [-0.15, -0.1) is 12.6 Å². The molecule has 1 fully saturated rings. The minimum atomic E-state index is -0.388. The minimum Gasteiger partial charge on any atom is -0.368 e. The second-order valence-corrected chi connectivity index (χ2v) is 8.09. The Morgan fingerprint density at radius 2 is 1.03 bits per heavy atom. The molecule has 4 nitrogen and oxygen atoms in total. The lowest BCUT2D eigenvalue weighted by atomic mass is 10.0. The molecule has 0 bridgehead atoms. The van der Waals surface area contributed by atoms with Gasteiger partial charge in [-0.05, 0) is 16.7 Å². The highest BCUT2D eigenvalue weighted by atomic mass is 32.1. The van der Waals surface area contributed by atoms with Gasteiger partial charge < -0.3 is 18.9 Å². The highest BCUT2D eigenvalue weighted by Crippen LogP contribution is 2.28. The molecule has 0 radical (unpaired) electrons. The van der Waals surface area contributed by atoms with Crippen LogP contribution in [0.25, 0.3) is 0 Å². The number of hydrogen-bond acceptors (Lipinski definition) is 5. The van der Waals surface area contributed by atoms with Gasteiger partial charge in [0.15, 0.2) is 0 Å². The molecule has 162 valence electrons. The summed E-state index contributed by atoms with van der Waals surface area (Å²) in [7, 11) is 0. The van der Waals surface area contributed by atoms with E-state index in [-0.39, 0.29) is 23.7 Å². The van der Waals surface area contributed by atoms with Gasteiger partial charge in [0.1, 0.15) is 23.7 Å². The van der Waals surface area contributed by atoms with Gasteiger partial charge in [-0.2, -0.15) is 0 Å². The Kier molecular flexibility index (Phi) is 8.16. The summed E-state index contributed by atoms with van der Waals surface area (Å²) in [4.78, 5) is 0. The summed E-state index contributed by atoms with van der Waals surface area (Å²) < 4.78 is 24.8. The maximum absolute atomic E-state index is 6.36. The molecule has 0 aromatic heterocycles. The molecule has 3 aromatic rings. The van der Waals surface area contributed by atoms with Crippen LogP contribution in [0, 0.1) is 0 Å². The van der Waals surface area contributed by atoms with E-state index in [0.29, 0.717) is 26.4 Å². The van der Waals surface area contributed by atoms with Crippen molar-refractivity contribution < 1.29 is 18.9 Å². The third-order valence-corrected chi connectivity index (χ3v) is 5.72. The first-order valence-corrected chi connectivity index (χ1v) is 11.1. The second-order valence-electron chi connectivity index (χ2n) is 7.58. The van der Waals surface area contributed by atoms with Crippen LogP contribution < -0.4 is 0 Å². The maximum Gasteiger partial charge on any atom is 0.129 e. The lowest BCUT2D eigenvalue weighted by Gasteiger charge is -2.40. The van der Waals surface area contributed by atoms with Gasteiger partial charge in [-0.1, -0.05) is 91.0 Å². The van der Waals surface area contributed by atoms with Gasteiger partial charge in [0, 0.05) is 0 Å². The Morgan fingerprint density at radius 1 is 0.613 bits per heavy atom. The number of thiol groups is 1. The summed E-state index contributed by atoms with van der Waals surface area (Å²) >= 11 is 4.64. The van der Waals surface area contributed by atoms with Crippen molar-refractivity contribution >= 4 is 12.6 Å². The first kappa shape index (κ1) is 22.1. The van der Waals surface area contributed by atoms with E-state index in [2.05, 4.69) is 24.8 Å². The predicted molar refractivity (Wildman–Crippen MR) is 124 cm³/mol. The highest BCUT2D eigenvalue weighted by Gasteiger charge is 2.41. The van der Waals surface area contributed by atoms with Crippen LogP contribution in [0.3, 0.4) is 0 Å². The standard InChI is InChI=1S/C26H28O4S/c31-26-25(29-18-22-14-8-3-9-15-22)24(28-17-21-12-6-2-7-13-21)23(19-30-26)27-16-20-10-4-1-5-11-20/h1-15,23-26,31H,16-19H2/t23-,24-,25-,26+/m1/s1. The molecular formula is C26H28O4S. The molecule has 1 aliphatic rings. The lowest BCUT2D eigenvalue weighted by Crippen LogP contribution is -2.54. The molecule has 3 aromatic carbocycles. The zero-order valence-corrected chi connectivity index (χ0v) is 18.3. The van der Waals surface area contributed by atoms with Crippen LogP contribution in [0.15, 0.2) is 91.0 Å². The molecule has 5 heteroatoms. The van der Waals surface area contributed by atoms with Crippen molar-refractivity contribution in [3.63, 3.8) is 0 Å². The average molecular weight is 437 g/mol. The second kappa shape index (κ2) is 11.5. The summed E-state index contributed by atoms with van der Waals surface area (Å²) in [6.45, 7) is 1.83. The zero-order valence-electron chi connectivity index (χ0n) is 17.4. The molecule has 1 saturated heterocycles. The molecule has 1 aliphatic heterocycles. The largest absolute Gasteiger partial charge is 0.368 e. The molecule has 0 amide bonds. The van der Waals surface area contributed by atoms with Crippen LogP contribution in [-0.2, 0) is 38.8 Å². The van der Waals surface area contributed by atoms with Gasteiger partial charge in [0.05, 0.1) is 26.4 Å². The van der Waals surface area contributed by atoms with Gasteiger partial charge in [-0.25, -0.2) is 0 Å². The molecule has 0 saturated carbocycles. The predicted octanol–water partition coefficient (Wildman–Crippen LogP) is 5.03. The molecule has 0 N–H and O–H groups in total. The fourth-order valence-corrected chi connectivity index (χ4v) is 3.93. The average Bonchev–Trinajstić information content (AvgIpc) is 2.83. The summed E-state index contributed by atoms with van der Waals surface area (Å²) in [5.41, 5.74) is 2.92. The van der Waals surface area contributed by atoms with E-state index in [0.717, 1.165) is 16.7 Å². The van der Waals surface area contributed by atoms with Gasteiger partial charge >= 0.3 is 0 Å². The van der Waals surface area contributed by atoms with E-state index < -0.39 is 0 Å². The van der Waals surface area contributed by atoms with Crippen molar-refractivity contribution in [2.75, 3.05) is 6.61 Å². The summed E-state index contributed by atoms with van der Waals surface area (Å²) in [6, 6.07) is 30.3. The number of ether oxygens (including phenoxy) is 4. The van der Waals surface area contributed by atoms with Crippen molar-refractivity contribution in [1.82, 2.24) is 0 Å². The number of hydrogen-bond donors (Lipinski definition) is 1. The molecule has 0 unspecified atom stereocenters. The molecule has 4 atom stereocenters. The van der Waals surface area contributed by atoms with Crippen LogP contribution in [0.5, 0.6) is 0 Å². The Bertz CT molecular complexity index is 891. The van der Waals surface area contributed by atoms with Crippen LogP contribution >= 0.6 is 12.6 Å². The van der Waals surface area contributed by atoms with Crippen LogP contribution in [-0.4, -0.2) is 30.4 Å². The Labute approximate surface area is 189 Å². The SMILES string of the molecule is S[C@@H]1OC[C@@H](OCc2ccccc2)[C@@H](OCc2ccccc2)[C@H]1OCc1ccccc1. The maximum atomic E-state index is 6.36. The molecule has 0 spiro atoms. The summed E-state index contributed by atoms with van der Waals surface area (Å²) in [5, 5.41) is 0. The zero-order chi connectivity index (χ0) is 21.3. The molecule has 1 heterocycles. The first-order chi connectivity index (χ1) is 15.3. The quantitative estimate of drug-likeness (QED) is 0.478. The van der Waals surface area contributed by atoms with Crippen LogP contribution in [0.2, 0.25) is 0 Å². The van der Waals surface area contributed by atoms with E-state index in [1.807, 2.05) is 78.9 Å². The molecule has 4 rings (SSSR count). The fraction of sp³-hybridized carbons (Fsp3) is 0.308. The third kappa shape index (κ3) is 6.42. The van der Waals surface area contributed by atoms with Gasteiger partial charge in [-0.3, -0.25) is 0 Å². The highest BCUT2D eigenvalue weighted by molar-refractivity contribution is 7.80. The smallest absolute Gasteiger partial charge is 0.129 e. The Hall–Kier alpha value is -2.15. The van der Waals surface area contributed by atoms with Crippen molar-refractivity contribution in [3.8, 4) is 0 Å².